The van der Waals surface area contributed by atoms with E-state index in [4.69, 9.17) is 11.6 Å². The normalized spacial score (nSPS) is 15.0. The second-order valence-electron chi connectivity index (χ2n) is 7.06. The van der Waals surface area contributed by atoms with Crippen LogP contribution in [0.5, 0.6) is 0 Å². The third-order valence-corrected chi connectivity index (χ3v) is 5.91. The van der Waals surface area contributed by atoms with Crippen molar-refractivity contribution in [3.63, 3.8) is 0 Å². The van der Waals surface area contributed by atoms with Crippen LogP contribution < -0.4 is 10.2 Å². The van der Waals surface area contributed by atoms with Gasteiger partial charge in [0.2, 0.25) is 5.91 Å². The second-order valence-corrected chi connectivity index (χ2v) is 8.08. The van der Waals surface area contributed by atoms with Crippen molar-refractivity contribution < 1.29 is 9.59 Å². The molecule has 1 atom stereocenters. The van der Waals surface area contributed by atoms with E-state index in [2.05, 4.69) is 19.9 Å². The number of pyridine rings is 1. The molecule has 1 saturated carbocycles. The number of aromatic nitrogens is 3. The molecule has 0 bridgehead atoms. The number of nitrogens with one attached hydrogen (secondary N) is 1. The smallest absolute Gasteiger partial charge is 0.280 e. The Morgan fingerprint density at radius 3 is 2.57 bits per heavy atom. The molecule has 4 rings (SSSR count). The Labute approximate surface area is 183 Å². The molecule has 1 fully saturated rings. The molecule has 0 unspecified atom stereocenters. The largest absolute Gasteiger partial charge is 0.351 e. The fourth-order valence-corrected chi connectivity index (χ4v) is 4.32. The van der Waals surface area contributed by atoms with Crippen molar-refractivity contribution in [1.82, 2.24) is 19.9 Å². The Morgan fingerprint density at radius 1 is 1.13 bits per heavy atom. The number of amides is 2. The average Bonchev–Trinajstić information content (AvgIpc) is 3.47. The number of anilines is 1. The summed E-state index contributed by atoms with van der Waals surface area (Å²) in [5, 5.41) is 8.91. The first-order valence-corrected chi connectivity index (χ1v) is 10.9. The molecule has 1 aromatic carbocycles. The van der Waals surface area contributed by atoms with Crippen molar-refractivity contribution >= 4 is 40.6 Å². The van der Waals surface area contributed by atoms with Crippen LogP contribution in [0, 0.1) is 0 Å². The molecule has 2 heterocycles. The summed E-state index contributed by atoms with van der Waals surface area (Å²) in [6.45, 7) is 0. The lowest BCUT2D eigenvalue weighted by Gasteiger charge is -2.31. The van der Waals surface area contributed by atoms with Crippen molar-refractivity contribution in [2.75, 3.05) is 4.90 Å². The van der Waals surface area contributed by atoms with Crippen LogP contribution in [0.3, 0.4) is 0 Å². The highest BCUT2D eigenvalue weighted by Crippen LogP contribution is 2.34. The van der Waals surface area contributed by atoms with Crippen molar-refractivity contribution in [2.24, 2.45) is 0 Å². The summed E-state index contributed by atoms with van der Waals surface area (Å²) in [5.74, 6) is -0.758. The zero-order valence-corrected chi connectivity index (χ0v) is 17.6. The molecular weight excluding hydrogens is 422 g/mol. The molecule has 154 valence electrons. The predicted molar refractivity (Wildman–Crippen MR) is 116 cm³/mol. The summed E-state index contributed by atoms with van der Waals surface area (Å²) in [6, 6.07) is 11.3. The fraction of sp³-hybridized carbons (Fsp3) is 0.286. The molecular formula is C21H20ClN5O2S. The summed E-state index contributed by atoms with van der Waals surface area (Å²) < 4.78 is 3.80. The van der Waals surface area contributed by atoms with Gasteiger partial charge in [0, 0.05) is 17.6 Å². The molecule has 0 radical (unpaired) electrons. The van der Waals surface area contributed by atoms with Gasteiger partial charge in [0.25, 0.3) is 5.91 Å². The van der Waals surface area contributed by atoms with Crippen LogP contribution in [0.4, 0.5) is 5.69 Å². The van der Waals surface area contributed by atoms with Gasteiger partial charge in [-0.2, -0.15) is 0 Å². The molecule has 3 aromatic rings. The molecule has 2 aromatic heterocycles. The lowest BCUT2D eigenvalue weighted by Crippen LogP contribution is -2.47. The highest BCUT2D eigenvalue weighted by atomic mass is 35.5. The van der Waals surface area contributed by atoms with Gasteiger partial charge in [0.1, 0.15) is 0 Å². The molecule has 2 amide bonds. The molecule has 0 saturated heterocycles. The van der Waals surface area contributed by atoms with Crippen molar-refractivity contribution in [3.8, 4) is 0 Å². The molecule has 0 spiro atoms. The van der Waals surface area contributed by atoms with E-state index >= 15 is 0 Å². The van der Waals surface area contributed by atoms with E-state index in [0.29, 0.717) is 16.4 Å². The van der Waals surface area contributed by atoms with Crippen LogP contribution in [0.15, 0.2) is 54.0 Å². The maximum atomic E-state index is 13.5. The van der Waals surface area contributed by atoms with Gasteiger partial charge in [0.05, 0.1) is 16.4 Å². The first-order valence-electron chi connectivity index (χ1n) is 9.71. The standard InChI is InChI=1S/C21H20ClN5O2S/c22-15-9-3-4-11-18(15)27(21(29)17-13-30-26-25-17)19(16-10-5-6-12-23-16)20(28)24-14-7-1-2-8-14/h3-6,9-14,19H,1-2,7-8H2,(H,24,28)/t19-/m1/s1. The van der Waals surface area contributed by atoms with Gasteiger partial charge in [-0.05, 0) is 48.6 Å². The molecule has 7 nitrogen and oxygen atoms in total. The number of rotatable bonds is 6. The molecule has 1 N–H and O–H groups in total. The van der Waals surface area contributed by atoms with Crippen LogP contribution in [0.1, 0.15) is 47.9 Å². The molecule has 30 heavy (non-hydrogen) atoms. The number of carbonyl (C=O) groups excluding carboxylic acids is 2. The molecule has 9 heteroatoms. The Bertz CT molecular complexity index is 1010. The van der Waals surface area contributed by atoms with Gasteiger partial charge in [-0.3, -0.25) is 19.5 Å². The van der Waals surface area contributed by atoms with Gasteiger partial charge >= 0.3 is 0 Å². The minimum Gasteiger partial charge on any atom is -0.351 e. The van der Waals surface area contributed by atoms with Crippen molar-refractivity contribution in [1.29, 1.82) is 0 Å². The maximum Gasteiger partial charge on any atom is 0.280 e. The van der Waals surface area contributed by atoms with Gasteiger partial charge in [0.15, 0.2) is 11.7 Å². The number of hydrogen-bond acceptors (Lipinski definition) is 6. The van der Waals surface area contributed by atoms with E-state index in [0.717, 1.165) is 37.2 Å². The van der Waals surface area contributed by atoms with Crippen LogP contribution >= 0.6 is 23.1 Å². The molecule has 1 aliphatic rings. The average molecular weight is 442 g/mol. The van der Waals surface area contributed by atoms with E-state index in [1.165, 1.54) is 4.90 Å². The van der Waals surface area contributed by atoms with E-state index in [9.17, 15) is 9.59 Å². The number of benzene rings is 1. The quantitative estimate of drug-likeness (QED) is 0.623. The van der Waals surface area contributed by atoms with Crippen LogP contribution in [0.2, 0.25) is 5.02 Å². The maximum absolute atomic E-state index is 13.5. The second kappa shape index (κ2) is 9.32. The Hall–Kier alpha value is -2.84. The fourth-order valence-electron chi connectivity index (χ4n) is 3.67. The SMILES string of the molecule is O=C(NC1CCCC1)[C@@H](c1ccccn1)N(C(=O)c1csnn1)c1ccccc1Cl. The lowest BCUT2D eigenvalue weighted by molar-refractivity contribution is -0.123. The van der Waals surface area contributed by atoms with Crippen molar-refractivity contribution in [3.05, 3.63) is 70.5 Å². The number of hydrogen-bond donors (Lipinski definition) is 1. The third kappa shape index (κ3) is 4.34. The summed E-state index contributed by atoms with van der Waals surface area (Å²) in [7, 11) is 0. The number of para-hydroxylation sites is 1. The zero-order valence-electron chi connectivity index (χ0n) is 16.1. The summed E-state index contributed by atoms with van der Waals surface area (Å²) in [6.07, 6.45) is 5.62. The lowest BCUT2D eigenvalue weighted by atomic mass is 10.1. The van der Waals surface area contributed by atoms with Gasteiger partial charge < -0.3 is 5.32 Å². The summed E-state index contributed by atoms with van der Waals surface area (Å²) in [5.41, 5.74) is 1.01. The van der Waals surface area contributed by atoms with Gasteiger partial charge in [-0.25, -0.2) is 0 Å². The van der Waals surface area contributed by atoms with Crippen molar-refractivity contribution in [2.45, 2.75) is 37.8 Å². The van der Waals surface area contributed by atoms with Crippen LogP contribution in [0.25, 0.3) is 0 Å². The first-order chi connectivity index (χ1) is 14.6. The van der Waals surface area contributed by atoms with E-state index < -0.39 is 11.9 Å². The van der Waals surface area contributed by atoms with Crippen LogP contribution in [-0.4, -0.2) is 32.4 Å². The highest BCUT2D eigenvalue weighted by Gasteiger charge is 2.37. The highest BCUT2D eigenvalue weighted by molar-refractivity contribution is 7.03. The molecule has 1 aliphatic carbocycles. The Kier molecular flexibility index (Phi) is 6.35. The molecule has 0 aliphatic heterocycles. The van der Waals surface area contributed by atoms with E-state index in [1.807, 2.05) is 0 Å². The number of halogens is 1. The Balaban J connectivity index is 1.80. The zero-order chi connectivity index (χ0) is 20.9. The summed E-state index contributed by atoms with van der Waals surface area (Å²) in [4.78, 5) is 32.7. The minimum absolute atomic E-state index is 0.0906. The van der Waals surface area contributed by atoms with Crippen LogP contribution in [-0.2, 0) is 4.79 Å². The predicted octanol–water partition coefficient (Wildman–Crippen LogP) is 4.03. The Morgan fingerprint density at radius 2 is 1.90 bits per heavy atom. The third-order valence-electron chi connectivity index (χ3n) is 5.09. The van der Waals surface area contributed by atoms with Gasteiger partial charge in [-0.1, -0.05) is 47.1 Å². The van der Waals surface area contributed by atoms with E-state index in [1.54, 1.807) is 54.0 Å². The van der Waals surface area contributed by atoms with E-state index in [-0.39, 0.29) is 17.6 Å². The first kappa shape index (κ1) is 20.4. The monoisotopic (exact) mass is 441 g/mol. The number of nitrogens with zero attached hydrogens (tertiary/aromatic N) is 4. The summed E-state index contributed by atoms with van der Waals surface area (Å²) >= 11 is 7.52. The number of carbonyl (C=O) groups is 2. The minimum atomic E-state index is -0.999. The van der Waals surface area contributed by atoms with Gasteiger partial charge in [-0.15, -0.1) is 5.10 Å². The topological polar surface area (TPSA) is 88.1 Å².